The standard InChI is InChI=1S/C20H18ClF2N2O3P/c1-25-10-15(14-9-13(21)3-5-19(14)25)16(11-29(27)28)20(26)24-7-6-12-2-4-17(22)18(23)8-12/h2-10,16,29H,11H2,1H3,(H,24,26)(H,27,28)/b7-6+. The Bertz CT molecular complexity index is 1130. The molecule has 1 amide bonds. The molecule has 0 saturated heterocycles. The van der Waals surface area contributed by atoms with Crippen molar-refractivity contribution in [3.05, 3.63) is 76.6 Å². The van der Waals surface area contributed by atoms with Gasteiger partial charge in [-0.2, -0.15) is 0 Å². The minimum atomic E-state index is -2.95. The Hall–Kier alpha value is -2.47. The molecule has 2 N–H and O–H groups in total. The van der Waals surface area contributed by atoms with Gasteiger partial charge in [0.2, 0.25) is 5.91 Å². The molecule has 5 nitrogen and oxygen atoms in total. The van der Waals surface area contributed by atoms with Crippen molar-refractivity contribution in [2.24, 2.45) is 7.05 Å². The molecule has 0 aliphatic carbocycles. The van der Waals surface area contributed by atoms with E-state index in [1.165, 1.54) is 18.3 Å². The number of nitrogens with zero attached hydrogens (tertiary/aromatic N) is 1. The highest BCUT2D eigenvalue weighted by Crippen LogP contribution is 2.34. The summed E-state index contributed by atoms with van der Waals surface area (Å²) in [6, 6.07) is 8.57. The Balaban J connectivity index is 1.88. The zero-order valence-corrected chi connectivity index (χ0v) is 17.1. The Morgan fingerprint density at radius 3 is 2.72 bits per heavy atom. The Labute approximate surface area is 171 Å². The van der Waals surface area contributed by atoms with Gasteiger partial charge in [0.25, 0.3) is 0 Å². The molecule has 1 heterocycles. The predicted octanol–water partition coefficient (Wildman–Crippen LogP) is 4.45. The zero-order chi connectivity index (χ0) is 21.1. The van der Waals surface area contributed by atoms with Gasteiger partial charge < -0.3 is 14.8 Å². The highest BCUT2D eigenvalue weighted by molar-refractivity contribution is 7.38. The van der Waals surface area contributed by atoms with Crippen LogP contribution in [0, 0.1) is 11.6 Å². The van der Waals surface area contributed by atoms with Crippen LogP contribution >= 0.6 is 19.6 Å². The van der Waals surface area contributed by atoms with E-state index in [0.29, 0.717) is 21.5 Å². The third kappa shape index (κ3) is 4.93. The van der Waals surface area contributed by atoms with Crippen LogP contribution in [0.15, 0.2) is 48.8 Å². The second-order valence-electron chi connectivity index (χ2n) is 6.52. The van der Waals surface area contributed by atoms with Gasteiger partial charge in [0.1, 0.15) is 0 Å². The third-order valence-electron chi connectivity index (χ3n) is 4.50. The second kappa shape index (κ2) is 8.91. The van der Waals surface area contributed by atoms with Crippen molar-refractivity contribution in [1.29, 1.82) is 0 Å². The molecule has 9 heteroatoms. The number of nitrogens with one attached hydrogen (secondary N) is 1. The fraction of sp³-hybridized carbons (Fsp3) is 0.150. The Morgan fingerprint density at radius 1 is 1.28 bits per heavy atom. The number of amides is 1. The minimum absolute atomic E-state index is 0.235. The number of rotatable bonds is 6. The lowest BCUT2D eigenvalue weighted by Gasteiger charge is -2.13. The molecule has 2 unspecified atom stereocenters. The summed E-state index contributed by atoms with van der Waals surface area (Å²) in [6.45, 7) is 0. The van der Waals surface area contributed by atoms with Gasteiger partial charge in [-0.25, -0.2) is 8.78 Å². The number of carbonyl (C=O) groups excluding carboxylic acids is 1. The molecule has 3 aromatic rings. The molecule has 0 bridgehead atoms. The van der Waals surface area contributed by atoms with E-state index in [1.54, 1.807) is 31.4 Å². The van der Waals surface area contributed by atoms with Crippen molar-refractivity contribution in [2.75, 3.05) is 6.16 Å². The molecule has 2 aromatic carbocycles. The molecule has 0 aliphatic heterocycles. The van der Waals surface area contributed by atoms with Crippen molar-refractivity contribution >= 4 is 42.5 Å². The lowest BCUT2D eigenvalue weighted by Crippen LogP contribution is -2.26. The van der Waals surface area contributed by atoms with E-state index in [-0.39, 0.29) is 6.16 Å². The summed E-state index contributed by atoms with van der Waals surface area (Å²) in [5.41, 5.74) is 1.77. The van der Waals surface area contributed by atoms with E-state index in [2.05, 4.69) is 5.32 Å². The molecule has 0 radical (unpaired) electrons. The first-order valence-corrected chi connectivity index (χ1v) is 10.6. The summed E-state index contributed by atoms with van der Waals surface area (Å²) in [5.74, 6) is -3.34. The average Bonchev–Trinajstić information content (AvgIpc) is 2.98. The lowest BCUT2D eigenvalue weighted by molar-refractivity contribution is -0.121. The number of halogens is 3. The smallest absolute Gasteiger partial charge is 0.232 e. The van der Waals surface area contributed by atoms with Crippen molar-refractivity contribution < 1.29 is 23.0 Å². The molecular weight excluding hydrogens is 421 g/mol. The van der Waals surface area contributed by atoms with Crippen LogP contribution in [0.1, 0.15) is 17.0 Å². The zero-order valence-electron chi connectivity index (χ0n) is 15.3. The molecule has 1 aromatic heterocycles. The van der Waals surface area contributed by atoms with E-state index in [1.807, 2.05) is 4.57 Å². The van der Waals surface area contributed by atoms with Crippen molar-refractivity contribution in [3.8, 4) is 0 Å². The Morgan fingerprint density at radius 2 is 2.03 bits per heavy atom. The number of hydrogen-bond acceptors (Lipinski definition) is 2. The van der Waals surface area contributed by atoms with Crippen LogP contribution in [-0.2, 0) is 16.4 Å². The number of carbonyl (C=O) groups is 1. The first-order valence-electron chi connectivity index (χ1n) is 8.64. The van der Waals surface area contributed by atoms with Crippen LogP contribution in [0.3, 0.4) is 0 Å². The first kappa shape index (κ1) is 21.2. The third-order valence-corrected chi connectivity index (χ3v) is 5.49. The van der Waals surface area contributed by atoms with E-state index in [4.69, 9.17) is 11.6 Å². The number of fused-ring (bicyclic) bond motifs is 1. The number of aryl methyl sites for hydroxylation is 1. The Kier molecular flexibility index (Phi) is 6.52. The molecular formula is C20H18ClF2N2O3P. The van der Waals surface area contributed by atoms with Crippen molar-refractivity contribution in [3.63, 3.8) is 0 Å². The molecule has 0 spiro atoms. The number of benzene rings is 2. The second-order valence-corrected chi connectivity index (χ2v) is 8.15. The molecule has 3 rings (SSSR count). The minimum Gasteiger partial charge on any atom is -0.350 e. The van der Waals surface area contributed by atoms with Crippen molar-refractivity contribution in [1.82, 2.24) is 9.88 Å². The SMILES string of the molecule is Cn1cc(C(C[PH](=O)O)C(=O)N/C=C/c2ccc(F)c(F)c2)c2cc(Cl)ccc21. The molecule has 152 valence electrons. The van der Waals surface area contributed by atoms with Gasteiger partial charge in [0.05, 0.1) is 5.92 Å². The fourth-order valence-corrected chi connectivity index (χ4v) is 4.05. The van der Waals surface area contributed by atoms with Crippen molar-refractivity contribution in [2.45, 2.75) is 5.92 Å². The number of aromatic nitrogens is 1. The van der Waals surface area contributed by atoms with E-state index < -0.39 is 31.5 Å². The highest BCUT2D eigenvalue weighted by Gasteiger charge is 2.25. The van der Waals surface area contributed by atoms with Crippen LogP contribution in [0.25, 0.3) is 17.0 Å². The van der Waals surface area contributed by atoms with Gasteiger partial charge in [-0.3, -0.25) is 9.36 Å². The van der Waals surface area contributed by atoms with Crippen LogP contribution in [0.4, 0.5) is 8.78 Å². The molecule has 29 heavy (non-hydrogen) atoms. The van der Waals surface area contributed by atoms with Gasteiger partial charge in [-0.05, 0) is 47.5 Å². The van der Waals surface area contributed by atoms with Gasteiger partial charge >= 0.3 is 0 Å². The monoisotopic (exact) mass is 438 g/mol. The summed E-state index contributed by atoms with van der Waals surface area (Å²) in [7, 11) is -1.14. The van der Waals surface area contributed by atoms with Crippen LogP contribution in [-0.4, -0.2) is 21.5 Å². The summed E-state index contributed by atoms with van der Waals surface area (Å²) in [6.07, 6.45) is 4.18. The molecule has 0 saturated carbocycles. The van der Waals surface area contributed by atoms with Gasteiger partial charge in [0, 0.05) is 41.5 Å². The first-order chi connectivity index (χ1) is 13.8. The lowest BCUT2D eigenvalue weighted by atomic mass is 9.99. The summed E-state index contributed by atoms with van der Waals surface area (Å²) < 4.78 is 39.6. The largest absolute Gasteiger partial charge is 0.350 e. The normalized spacial score (nSPS) is 13.7. The van der Waals surface area contributed by atoms with Gasteiger partial charge in [-0.15, -0.1) is 0 Å². The molecule has 2 atom stereocenters. The molecule has 0 aliphatic rings. The van der Waals surface area contributed by atoms with E-state index in [0.717, 1.165) is 17.6 Å². The topological polar surface area (TPSA) is 71.3 Å². The van der Waals surface area contributed by atoms with Gasteiger partial charge in [-0.1, -0.05) is 17.7 Å². The predicted molar refractivity (Wildman–Crippen MR) is 110 cm³/mol. The maximum Gasteiger partial charge on any atom is 0.232 e. The van der Waals surface area contributed by atoms with Crippen LogP contribution in [0.5, 0.6) is 0 Å². The van der Waals surface area contributed by atoms with E-state index >= 15 is 0 Å². The summed E-state index contributed by atoms with van der Waals surface area (Å²) in [4.78, 5) is 22.2. The number of hydrogen-bond donors (Lipinski definition) is 2. The maximum absolute atomic E-state index is 13.3. The highest BCUT2D eigenvalue weighted by atomic mass is 35.5. The molecule has 0 fully saturated rings. The van der Waals surface area contributed by atoms with E-state index in [9.17, 15) is 23.0 Å². The summed E-state index contributed by atoms with van der Waals surface area (Å²) >= 11 is 6.08. The quantitative estimate of drug-likeness (QED) is 0.559. The van der Waals surface area contributed by atoms with Crippen LogP contribution in [0.2, 0.25) is 5.02 Å². The van der Waals surface area contributed by atoms with Crippen LogP contribution < -0.4 is 5.32 Å². The average molecular weight is 439 g/mol. The fourth-order valence-electron chi connectivity index (χ4n) is 3.13. The van der Waals surface area contributed by atoms with Gasteiger partial charge in [0.15, 0.2) is 19.7 Å². The maximum atomic E-state index is 13.3. The summed E-state index contributed by atoms with van der Waals surface area (Å²) in [5, 5.41) is 3.75.